The van der Waals surface area contributed by atoms with Gasteiger partial charge in [-0.25, -0.2) is 19.6 Å². The molecule has 2 fully saturated rings. The standard InChI is InChI=1S/C50H62N8O6/c1-31(2)43(55-49(61)63-5)47(59)57-27-13-17-41(57)45-51-29-36(53-45)25-23-34-24-26-38(39-16-12-10-8-7-9-11-15-37(34)39)33-19-21-35(22-20-33)40-30-52-46(54-40)42-18-14-28-58(42)48(60)44(32(3)4)56-50(62)64-6/h12,16,19-22,24,26,29-32,41-44H,7-11,13-15,17-18,27-28H2,1-6H3,(H,51,53)(H,52,54)(H,55,61)(H,56,62)/b16-12+/t41-,42-,43-,44-/m0/s1. The zero-order valence-corrected chi connectivity index (χ0v) is 38.0. The summed E-state index contributed by atoms with van der Waals surface area (Å²) in [5, 5.41) is 5.43. The second kappa shape index (κ2) is 20.9. The average Bonchev–Trinajstić information content (AvgIpc) is 4.15. The Morgan fingerprint density at radius 1 is 0.703 bits per heavy atom. The number of imidazole rings is 2. The number of methoxy groups -OCH3 is 2. The highest BCUT2D eigenvalue weighted by molar-refractivity contribution is 5.87. The van der Waals surface area contributed by atoms with Crippen LogP contribution in [0.3, 0.4) is 0 Å². The molecule has 14 nitrogen and oxygen atoms in total. The fourth-order valence-corrected chi connectivity index (χ4v) is 9.18. The molecule has 1 aliphatic carbocycles. The number of alkyl carbamates (subject to hydrolysis) is 2. The first-order valence-electron chi connectivity index (χ1n) is 22.8. The van der Waals surface area contributed by atoms with E-state index in [4.69, 9.17) is 14.5 Å². The molecule has 2 aromatic heterocycles. The van der Waals surface area contributed by atoms with Crippen LogP contribution in [0.2, 0.25) is 0 Å². The van der Waals surface area contributed by atoms with Gasteiger partial charge < -0.3 is 39.9 Å². The molecule has 0 bridgehead atoms. The van der Waals surface area contributed by atoms with Crippen molar-refractivity contribution in [3.05, 3.63) is 88.9 Å². The number of likely N-dealkylation sites (tertiary alicyclic amines) is 2. The van der Waals surface area contributed by atoms with Gasteiger partial charge in [-0.05, 0) is 103 Å². The molecule has 0 unspecified atom stereocenters. The Hall–Kier alpha value is -6.36. The van der Waals surface area contributed by atoms with Gasteiger partial charge in [-0.3, -0.25) is 9.59 Å². The van der Waals surface area contributed by atoms with E-state index < -0.39 is 24.3 Å². The van der Waals surface area contributed by atoms with Gasteiger partial charge in [0.15, 0.2) is 0 Å². The van der Waals surface area contributed by atoms with Gasteiger partial charge in [-0.2, -0.15) is 0 Å². The molecule has 0 spiro atoms. The number of nitrogens with one attached hydrogen (secondary N) is 4. The molecule has 2 saturated heterocycles. The number of rotatable bonds is 10. The highest BCUT2D eigenvalue weighted by Gasteiger charge is 2.39. The molecule has 0 radical (unpaired) electrons. The van der Waals surface area contributed by atoms with Crippen LogP contribution in [0.15, 0.2) is 54.9 Å². The first-order valence-corrected chi connectivity index (χ1v) is 22.8. The third kappa shape index (κ3) is 10.4. The zero-order valence-electron chi connectivity index (χ0n) is 38.0. The van der Waals surface area contributed by atoms with Gasteiger partial charge in [0.05, 0.1) is 44.4 Å². The summed E-state index contributed by atoms with van der Waals surface area (Å²) in [6.07, 6.45) is 16.6. The third-order valence-electron chi connectivity index (χ3n) is 12.7. The number of benzene rings is 2. The predicted octanol–water partition coefficient (Wildman–Crippen LogP) is 8.47. The number of H-pyrrole nitrogens is 2. The zero-order chi connectivity index (χ0) is 45.3. The maximum atomic E-state index is 13.7. The largest absolute Gasteiger partial charge is 0.453 e. The second-order valence-electron chi connectivity index (χ2n) is 17.7. The molecule has 7 rings (SSSR count). The van der Waals surface area contributed by atoms with E-state index in [2.05, 4.69) is 86.0 Å². The summed E-state index contributed by atoms with van der Waals surface area (Å²) in [4.78, 5) is 71.4. The Balaban J connectivity index is 1.11. The van der Waals surface area contributed by atoms with E-state index in [-0.39, 0.29) is 35.7 Å². The molecular weight excluding hydrogens is 809 g/mol. The molecule has 4 atom stereocenters. The van der Waals surface area contributed by atoms with E-state index in [9.17, 15) is 19.2 Å². The number of fused-ring (bicyclic) bond motifs is 1. The van der Waals surface area contributed by atoms with Crippen molar-refractivity contribution in [2.45, 2.75) is 116 Å². The highest BCUT2D eigenvalue weighted by Crippen LogP contribution is 2.36. The van der Waals surface area contributed by atoms with Gasteiger partial charge in [-0.1, -0.05) is 88.9 Å². The Bertz CT molecular complexity index is 2390. The van der Waals surface area contributed by atoms with Crippen LogP contribution in [-0.2, 0) is 25.5 Å². The van der Waals surface area contributed by atoms with Gasteiger partial charge in [0.2, 0.25) is 11.8 Å². The Labute approximate surface area is 376 Å². The monoisotopic (exact) mass is 870 g/mol. The minimum absolute atomic E-state index is 0.111. The minimum atomic E-state index is -0.702. The summed E-state index contributed by atoms with van der Waals surface area (Å²) in [5.74, 6) is 7.74. The molecule has 338 valence electrons. The van der Waals surface area contributed by atoms with Crippen LogP contribution < -0.4 is 10.6 Å². The molecule has 4 aromatic rings. The molecule has 4 amide bonds. The number of allylic oxidation sites excluding steroid dienone is 1. The van der Waals surface area contributed by atoms with Crippen LogP contribution in [0.4, 0.5) is 9.59 Å². The quantitative estimate of drug-likeness (QED) is 0.115. The first-order chi connectivity index (χ1) is 31.0. The average molecular weight is 871 g/mol. The topological polar surface area (TPSA) is 175 Å². The lowest BCUT2D eigenvalue weighted by molar-refractivity contribution is -0.136. The van der Waals surface area contributed by atoms with E-state index in [0.717, 1.165) is 85.1 Å². The number of aromatic nitrogens is 4. The SMILES string of the molecule is COC(=O)N[C@H](C(=O)N1CCC[C@H]1c1ncc(C#Cc2ccc(-c3ccc(-c4cnc([C@@H]5CCCN5C(=O)[C@@H](NC(=O)OC)C(C)C)[nH]4)cc3)c3c2CCCCCC/C=C/3)[nH]1)C(C)C. The number of carbonyl (C=O) groups excluding carboxylic acids is 4. The molecule has 2 aliphatic heterocycles. The summed E-state index contributed by atoms with van der Waals surface area (Å²) < 4.78 is 9.58. The normalized spacial score (nSPS) is 19.0. The summed E-state index contributed by atoms with van der Waals surface area (Å²) in [5.41, 5.74) is 8.17. The van der Waals surface area contributed by atoms with Gasteiger partial charge >= 0.3 is 12.2 Å². The fraction of sp³-hybridized carbons (Fsp3) is 0.480. The van der Waals surface area contributed by atoms with Crippen LogP contribution in [0.25, 0.3) is 28.5 Å². The van der Waals surface area contributed by atoms with Crippen molar-refractivity contribution < 1.29 is 28.7 Å². The van der Waals surface area contributed by atoms with E-state index in [1.165, 1.54) is 38.2 Å². The van der Waals surface area contributed by atoms with Gasteiger partial charge in [0, 0.05) is 18.7 Å². The third-order valence-corrected chi connectivity index (χ3v) is 12.7. The van der Waals surface area contributed by atoms with E-state index in [0.29, 0.717) is 24.6 Å². The van der Waals surface area contributed by atoms with Crippen molar-refractivity contribution in [3.8, 4) is 34.2 Å². The number of carbonyl (C=O) groups is 4. The van der Waals surface area contributed by atoms with Crippen molar-refractivity contribution in [2.75, 3.05) is 27.3 Å². The second-order valence-corrected chi connectivity index (χ2v) is 17.7. The lowest BCUT2D eigenvalue weighted by Gasteiger charge is -2.30. The summed E-state index contributed by atoms with van der Waals surface area (Å²) in [6, 6.07) is 11.0. The Morgan fingerprint density at radius 2 is 1.28 bits per heavy atom. The van der Waals surface area contributed by atoms with Crippen LogP contribution in [0.5, 0.6) is 0 Å². The molecule has 3 aliphatic rings. The van der Waals surface area contributed by atoms with Crippen molar-refractivity contribution in [2.24, 2.45) is 11.8 Å². The number of nitrogens with zero attached hydrogens (tertiary/aromatic N) is 4. The molecule has 64 heavy (non-hydrogen) atoms. The predicted molar refractivity (Wildman–Crippen MR) is 246 cm³/mol. The molecule has 2 aromatic carbocycles. The van der Waals surface area contributed by atoms with Gasteiger partial charge in [0.25, 0.3) is 0 Å². The number of ether oxygens (including phenoxy) is 2. The van der Waals surface area contributed by atoms with Crippen molar-refractivity contribution >= 4 is 30.1 Å². The van der Waals surface area contributed by atoms with Crippen LogP contribution in [-0.4, -0.2) is 93.1 Å². The van der Waals surface area contributed by atoms with Crippen molar-refractivity contribution in [1.29, 1.82) is 0 Å². The smallest absolute Gasteiger partial charge is 0.407 e. The molecule has 14 heteroatoms. The first kappa shape index (κ1) is 45.7. The summed E-state index contributed by atoms with van der Waals surface area (Å²) in [7, 11) is 2.59. The Morgan fingerprint density at radius 3 is 1.89 bits per heavy atom. The van der Waals surface area contributed by atoms with E-state index in [1.807, 2.05) is 38.8 Å². The Kier molecular flexibility index (Phi) is 14.9. The maximum absolute atomic E-state index is 13.7. The minimum Gasteiger partial charge on any atom is -0.453 e. The number of hydrogen-bond donors (Lipinski definition) is 4. The molecular formula is C50H62N8O6. The van der Waals surface area contributed by atoms with Crippen molar-refractivity contribution in [1.82, 2.24) is 40.4 Å². The number of amides is 4. The number of hydrogen-bond acceptors (Lipinski definition) is 8. The van der Waals surface area contributed by atoms with Crippen LogP contribution in [0.1, 0.15) is 132 Å². The van der Waals surface area contributed by atoms with Gasteiger partial charge in [-0.15, -0.1) is 0 Å². The lowest BCUT2D eigenvalue weighted by atomic mass is 9.88. The summed E-state index contributed by atoms with van der Waals surface area (Å²) in [6.45, 7) is 8.80. The van der Waals surface area contributed by atoms with Gasteiger partial charge in [0.1, 0.15) is 29.4 Å². The molecule has 4 heterocycles. The van der Waals surface area contributed by atoms with E-state index in [1.54, 1.807) is 11.1 Å². The maximum Gasteiger partial charge on any atom is 0.407 e. The number of aromatic amines is 2. The van der Waals surface area contributed by atoms with Crippen molar-refractivity contribution in [3.63, 3.8) is 0 Å². The highest BCUT2D eigenvalue weighted by atomic mass is 16.5. The summed E-state index contributed by atoms with van der Waals surface area (Å²) >= 11 is 0. The molecule has 0 saturated carbocycles. The van der Waals surface area contributed by atoms with E-state index >= 15 is 0 Å². The lowest BCUT2D eigenvalue weighted by Crippen LogP contribution is -2.51. The molecule has 4 N–H and O–H groups in total. The van der Waals surface area contributed by atoms with Crippen LogP contribution in [0, 0.1) is 23.7 Å². The fourth-order valence-electron chi connectivity index (χ4n) is 9.18. The van der Waals surface area contributed by atoms with Crippen LogP contribution >= 0.6 is 0 Å².